The number of nitrogens with zero attached hydrogens (tertiary/aromatic N) is 7. The molecule has 0 radical (unpaired) electrons. The fourth-order valence-corrected chi connectivity index (χ4v) is 6.69. The second kappa shape index (κ2) is 13.3. The van der Waals surface area contributed by atoms with Gasteiger partial charge in [-0.15, -0.1) is 6.58 Å². The number of amides is 2. The lowest BCUT2D eigenvalue weighted by molar-refractivity contribution is -0.133. The first-order valence-corrected chi connectivity index (χ1v) is 16.0. The Morgan fingerprint density at radius 2 is 1.71 bits per heavy atom. The maximum absolute atomic E-state index is 13.8. The highest BCUT2D eigenvalue weighted by molar-refractivity contribution is 6.00. The summed E-state index contributed by atoms with van der Waals surface area (Å²) in [6.07, 6.45) is 8.73. The van der Waals surface area contributed by atoms with Crippen molar-refractivity contribution in [3.8, 4) is 22.6 Å². The van der Waals surface area contributed by atoms with Gasteiger partial charge in [-0.3, -0.25) is 24.6 Å². The van der Waals surface area contributed by atoms with Crippen molar-refractivity contribution in [1.29, 1.82) is 0 Å². The molecule has 2 fully saturated rings. The molecule has 2 N–H and O–H groups in total. The Morgan fingerprint density at radius 3 is 2.44 bits per heavy atom. The van der Waals surface area contributed by atoms with Crippen molar-refractivity contribution < 1.29 is 14.0 Å². The lowest BCUT2D eigenvalue weighted by Gasteiger charge is -2.37. The van der Waals surface area contributed by atoms with Crippen molar-refractivity contribution in [2.45, 2.75) is 12.8 Å². The molecule has 12 heteroatoms. The summed E-state index contributed by atoms with van der Waals surface area (Å²) >= 11 is 0. The van der Waals surface area contributed by atoms with Crippen LogP contribution in [0, 0.1) is 11.2 Å². The summed E-state index contributed by atoms with van der Waals surface area (Å²) in [5, 5.41) is 11.6. The van der Waals surface area contributed by atoms with E-state index in [1.807, 2.05) is 59.5 Å². The van der Waals surface area contributed by atoms with Crippen LogP contribution < -0.4 is 10.2 Å². The van der Waals surface area contributed by atoms with Gasteiger partial charge in [0.1, 0.15) is 5.69 Å². The summed E-state index contributed by atoms with van der Waals surface area (Å²) in [7, 11) is 0. The number of aromatic nitrogens is 5. The van der Waals surface area contributed by atoms with E-state index in [2.05, 4.69) is 46.8 Å². The predicted molar refractivity (Wildman–Crippen MR) is 182 cm³/mol. The fraction of sp³-hybridized carbons (Fsp3) is 0.278. The number of hydrogen-bond donors (Lipinski definition) is 2. The summed E-state index contributed by atoms with van der Waals surface area (Å²) in [4.78, 5) is 45.7. The molecule has 0 spiro atoms. The van der Waals surface area contributed by atoms with E-state index >= 15 is 0 Å². The number of carbonyl (C=O) groups excluding carboxylic acids is 2. The minimum absolute atomic E-state index is 0.0716. The average Bonchev–Trinajstić information content (AvgIpc) is 3.74. The molecule has 0 bridgehead atoms. The van der Waals surface area contributed by atoms with E-state index < -0.39 is 11.2 Å². The van der Waals surface area contributed by atoms with E-state index in [0.717, 1.165) is 45.8 Å². The lowest BCUT2D eigenvalue weighted by Crippen LogP contribution is -2.51. The Morgan fingerprint density at radius 1 is 0.958 bits per heavy atom. The van der Waals surface area contributed by atoms with Crippen molar-refractivity contribution in [1.82, 2.24) is 34.9 Å². The van der Waals surface area contributed by atoms with Crippen molar-refractivity contribution in [2.24, 2.45) is 5.41 Å². The normalized spacial score (nSPS) is 18.3. The van der Waals surface area contributed by atoms with Crippen LogP contribution in [0.2, 0.25) is 0 Å². The molecule has 1 atom stereocenters. The van der Waals surface area contributed by atoms with Crippen LogP contribution in [0.5, 0.6) is 0 Å². The van der Waals surface area contributed by atoms with Gasteiger partial charge in [0.25, 0.3) is 0 Å². The number of allylic oxidation sites excluding steroid dienone is 1. The van der Waals surface area contributed by atoms with E-state index in [-0.39, 0.29) is 18.4 Å². The largest absolute Gasteiger partial charge is 0.368 e. The number of anilines is 2. The third kappa shape index (κ3) is 6.39. The highest BCUT2D eigenvalue weighted by atomic mass is 19.1. The molecule has 0 saturated carbocycles. The number of H-pyrrole nitrogens is 1. The number of hydrogen-bond acceptors (Lipinski definition) is 8. The first-order valence-electron chi connectivity index (χ1n) is 16.0. The lowest BCUT2D eigenvalue weighted by atomic mass is 9.82. The number of nitrogens with one attached hydrogen (secondary N) is 2. The number of benzene rings is 2. The third-order valence-electron chi connectivity index (χ3n) is 9.33. The van der Waals surface area contributed by atoms with Crippen molar-refractivity contribution in [3.63, 3.8) is 0 Å². The molecule has 2 aromatic carbocycles. The molecule has 2 aliphatic heterocycles. The van der Waals surface area contributed by atoms with E-state index in [9.17, 15) is 14.0 Å². The Hall–Kier alpha value is -5.49. The van der Waals surface area contributed by atoms with Crippen molar-refractivity contribution in [3.05, 3.63) is 97.9 Å². The average molecular weight is 646 g/mol. The SMILES string of the molecule is C=CCC1(C(=O)Nc2ccc3[nH]nc(-c4ccncc4)c3c2)CCN(CC(=O)N2CCN(c3ccc(-c4ncc(F)cn4)cc3)CC2)C1. The molecule has 5 aromatic rings. The van der Waals surface area contributed by atoms with Gasteiger partial charge in [0.15, 0.2) is 11.6 Å². The van der Waals surface area contributed by atoms with E-state index in [1.165, 1.54) is 0 Å². The van der Waals surface area contributed by atoms with E-state index in [1.54, 1.807) is 18.5 Å². The first kappa shape index (κ1) is 31.1. The van der Waals surface area contributed by atoms with Crippen LogP contribution in [0.1, 0.15) is 12.8 Å². The Kier molecular flexibility index (Phi) is 8.64. The molecule has 2 amide bonds. The van der Waals surface area contributed by atoms with E-state index in [0.29, 0.717) is 63.6 Å². The monoisotopic (exact) mass is 645 g/mol. The Bertz CT molecular complexity index is 1920. The predicted octanol–water partition coefficient (Wildman–Crippen LogP) is 4.78. The number of aromatic amines is 1. The number of halogens is 1. The van der Waals surface area contributed by atoms with Crippen LogP contribution in [0.4, 0.5) is 15.8 Å². The highest BCUT2D eigenvalue weighted by Crippen LogP contribution is 2.37. The summed E-state index contributed by atoms with van der Waals surface area (Å²) in [6, 6.07) is 17.4. The van der Waals surface area contributed by atoms with Crippen molar-refractivity contribution >= 4 is 34.1 Å². The molecular weight excluding hydrogens is 609 g/mol. The quantitative estimate of drug-likeness (QED) is 0.220. The van der Waals surface area contributed by atoms with Gasteiger partial charge in [-0.25, -0.2) is 14.4 Å². The number of carbonyl (C=O) groups is 2. The number of rotatable bonds is 9. The number of fused-ring (bicyclic) bond motifs is 1. The van der Waals surface area contributed by atoms with Gasteiger partial charge in [-0.2, -0.15) is 5.10 Å². The van der Waals surface area contributed by atoms with Crippen LogP contribution in [0.15, 0.2) is 92.0 Å². The van der Waals surface area contributed by atoms with Crippen LogP contribution in [0.3, 0.4) is 0 Å². The van der Waals surface area contributed by atoms with Crippen LogP contribution in [-0.2, 0) is 9.59 Å². The molecule has 2 saturated heterocycles. The maximum Gasteiger partial charge on any atom is 0.236 e. The molecular formula is C36H36FN9O2. The summed E-state index contributed by atoms with van der Waals surface area (Å²) in [5.41, 5.74) is 4.49. The molecule has 244 valence electrons. The number of pyridine rings is 1. The minimum atomic E-state index is -0.675. The van der Waals surface area contributed by atoms with Gasteiger partial charge in [-0.05, 0) is 74.0 Å². The smallest absolute Gasteiger partial charge is 0.236 e. The highest BCUT2D eigenvalue weighted by Gasteiger charge is 2.44. The van der Waals surface area contributed by atoms with Crippen LogP contribution in [-0.4, -0.2) is 92.6 Å². The standard InChI is InChI=1S/C36H36FN9O2/c1-2-11-36(35(48)41-28-5-8-31-30(20-28)33(43-42-31)25-9-13-38-14-10-25)12-15-44(24-36)23-32(47)46-18-16-45(17-19-46)29-6-3-26(4-7-29)34-39-21-27(37)22-40-34/h2-10,13-14,20-22H,1,11-12,15-19,23-24H2,(H,41,48)(H,42,43). The summed E-state index contributed by atoms with van der Waals surface area (Å²) < 4.78 is 13.2. The van der Waals surface area contributed by atoms with Gasteiger partial charge in [-0.1, -0.05) is 6.08 Å². The third-order valence-corrected chi connectivity index (χ3v) is 9.33. The van der Waals surface area contributed by atoms with Gasteiger partial charge in [0.2, 0.25) is 11.8 Å². The molecule has 1 unspecified atom stereocenters. The number of likely N-dealkylation sites (tertiary alicyclic amines) is 1. The van der Waals surface area contributed by atoms with Gasteiger partial charge >= 0.3 is 0 Å². The number of piperazine rings is 1. The second-order valence-corrected chi connectivity index (χ2v) is 12.4. The second-order valence-electron chi connectivity index (χ2n) is 12.4. The van der Waals surface area contributed by atoms with Gasteiger partial charge in [0.05, 0.1) is 29.9 Å². The molecule has 48 heavy (non-hydrogen) atoms. The molecule has 2 aliphatic rings. The molecule has 7 rings (SSSR count). The zero-order valence-corrected chi connectivity index (χ0v) is 26.5. The first-order chi connectivity index (χ1) is 23.4. The fourth-order valence-electron chi connectivity index (χ4n) is 6.69. The Balaban J connectivity index is 0.947. The topological polar surface area (TPSA) is 123 Å². The minimum Gasteiger partial charge on any atom is -0.368 e. The van der Waals surface area contributed by atoms with Gasteiger partial charge in [0, 0.05) is 73.0 Å². The molecule has 3 aromatic heterocycles. The zero-order chi connectivity index (χ0) is 33.1. The molecule has 5 heterocycles. The maximum atomic E-state index is 13.8. The van der Waals surface area contributed by atoms with Crippen molar-refractivity contribution in [2.75, 3.05) is 56.0 Å². The van der Waals surface area contributed by atoms with Gasteiger partial charge < -0.3 is 15.1 Å². The van der Waals surface area contributed by atoms with Crippen LogP contribution >= 0.6 is 0 Å². The summed E-state index contributed by atoms with van der Waals surface area (Å²) in [5.74, 6) is 0.00473. The van der Waals surface area contributed by atoms with Crippen LogP contribution in [0.25, 0.3) is 33.5 Å². The van der Waals surface area contributed by atoms with E-state index in [4.69, 9.17) is 0 Å². The Labute approximate surface area is 277 Å². The molecule has 0 aliphatic carbocycles. The summed E-state index contributed by atoms with van der Waals surface area (Å²) in [6.45, 7) is 8.01. The molecule has 11 nitrogen and oxygen atoms in total. The zero-order valence-electron chi connectivity index (χ0n) is 26.5.